The second-order valence-electron chi connectivity index (χ2n) is 6.16. The van der Waals surface area contributed by atoms with Gasteiger partial charge >= 0.3 is 11.9 Å². The maximum atomic E-state index is 12.2. The first kappa shape index (κ1) is 20.5. The quantitative estimate of drug-likeness (QED) is 0.428. The second kappa shape index (κ2) is 8.87. The number of hydrogen-bond donors (Lipinski definition) is 4. The van der Waals surface area contributed by atoms with Gasteiger partial charge in [-0.25, -0.2) is 9.59 Å². The first-order chi connectivity index (χ1) is 14.5. The molecule has 3 rings (SSSR count). The smallest absolute Gasteiger partial charge is 0.341 e. The Morgan fingerprint density at radius 1 is 0.667 bits per heavy atom. The number of aromatic carboxylic acids is 2. The fourth-order valence-electron chi connectivity index (χ4n) is 3.08. The van der Waals surface area contributed by atoms with Crippen LogP contribution in [0.4, 0.5) is 22.7 Å². The number of methoxy groups -OCH3 is 2. The molecule has 0 spiro atoms. The van der Waals surface area contributed by atoms with Gasteiger partial charge in [-0.2, -0.15) is 0 Å². The summed E-state index contributed by atoms with van der Waals surface area (Å²) >= 11 is 0. The zero-order chi connectivity index (χ0) is 21.7. The van der Waals surface area contributed by atoms with Crippen LogP contribution in [0.1, 0.15) is 20.7 Å². The second-order valence-corrected chi connectivity index (χ2v) is 6.16. The van der Waals surface area contributed by atoms with E-state index in [1.807, 2.05) is 12.1 Å². The van der Waals surface area contributed by atoms with Crippen LogP contribution in [0.3, 0.4) is 0 Å². The van der Waals surface area contributed by atoms with Gasteiger partial charge in [-0.1, -0.05) is 36.4 Å². The van der Waals surface area contributed by atoms with Crippen molar-refractivity contribution < 1.29 is 29.3 Å². The number of rotatable bonds is 8. The van der Waals surface area contributed by atoms with Crippen molar-refractivity contribution in [2.45, 2.75) is 0 Å². The predicted octanol–water partition coefficient (Wildman–Crippen LogP) is 4.59. The van der Waals surface area contributed by atoms with Crippen molar-refractivity contribution in [1.29, 1.82) is 0 Å². The molecule has 0 amide bonds. The molecule has 8 heteroatoms. The molecule has 8 nitrogen and oxygen atoms in total. The largest absolute Gasteiger partial charge is 0.492 e. The Morgan fingerprint density at radius 2 is 1.00 bits per heavy atom. The van der Waals surface area contributed by atoms with Crippen molar-refractivity contribution >= 4 is 34.7 Å². The average Bonchev–Trinajstić information content (AvgIpc) is 2.74. The number of anilines is 4. The summed E-state index contributed by atoms with van der Waals surface area (Å²) < 4.78 is 10.5. The van der Waals surface area contributed by atoms with Gasteiger partial charge in [0.15, 0.2) is 11.5 Å². The van der Waals surface area contributed by atoms with E-state index in [-0.39, 0.29) is 34.0 Å². The Labute approximate surface area is 172 Å². The van der Waals surface area contributed by atoms with Gasteiger partial charge in [0.2, 0.25) is 0 Å². The van der Waals surface area contributed by atoms with Gasteiger partial charge in [0, 0.05) is 11.4 Å². The van der Waals surface area contributed by atoms with E-state index in [0.29, 0.717) is 11.4 Å². The predicted molar refractivity (Wildman–Crippen MR) is 113 cm³/mol. The van der Waals surface area contributed by atoms with Crippen LogP contribution in [-0.2, 0) is 0 Å². The lowest BCUT2D eigenvalue weighted by Crippen LogP contribution is -2.15. The molecular formula is C22H20N2O6. The number of ether oxygens (including phenoxy) is 2. The van der Waals surface area contributed by atoms with Gasteiger partial charge in [0.1, 0.15) is 11.1 Å². The van der Waals surface area contributed by atoms with Crippen LogP contribution in [0.5, 0.6) is 11.5 Å². The maximum absolute atomic E-state index is 12.2. The highest BCUT2D eigenvalue weighted by Gasteiger charge is 2.32. The van der Waals surface area contributed by atoms with E-state index in [2.05, 4.69) is 10.6 Å². The van der Waals surface area contributed by atoms with Crippen molar-refractivity contribution in [3.05, 3.63) is 71.8 Å². The van der Waals surface area contributed by atoms with Crippen LogP contribution >= 0.6 is 0 Å². The molecule has 0 unspecified atom stereocenters. The van der Waals surface area contributed by atoms with E-state index in [1.54, 1.807) is 48.5 Å². The fraction of sp³-hybridized carbons (Fsp3) is 0.0909. The molecule has 3 aromatic carbocycles. The Morgan fingerprint density at radius 3 is 1.27 bits per heavy atom. The molecule has 0 aromatic heterocycles. The lowest BCUT2D eigenvalue weighted by atomic mass is 10.0. The maximum Gasteiger partial charge on any atom is 0.341 e. The normalized spacial score (nSPS) is 10.2. The number of carboxylic acid groups (broad SMARTS) is 2. The third kappa shape index (κ3) is 3.97. The lowest BCUT2D eigenvalue weighted by molar-refractivity contribution is 0.0676. The summed E-state index contributed by atoms with van der Waals surface area (Å²) in [6.45, 7) is 0. The van der Waals surface area contributed by atoms with Crippen molar-refractivity contribution in [1.82, 2.24) is 0 Å². The molecule has 0 heterocycles. The van der Waals surface area contributed by atoms with Crippen LogP contribution < -0.4 is 20.1 Å². The summed E-state index contributed by atoms with van der Waals surface area (Å²) in [5.74, 6) is -3.01. The Balaban J connectivity index is 2.38. The third-order valence-corrected chi connectivity index (χ3v) is 4.33. The summed E-state index contributed by atoms with van der Waals surface area (Å²) in [6, 6.07) is 17.6. The number of nitrogens with one attached hydrogen (secondary N) is 2. The Kier molecular flexibility index (Phi) is 6.07. The minimum atomic E-state index is -1.31. The summed E-state index contributed by atoms with van der Waals surface area (Å²) in [4.78, 5) is 24.4. The summed E-state index contributed by atoms with van der Waals surface area (Å²) in [7, 11) is 2.51. The molecule has 0 atom stereocenters. The molecule has 0 aliphatic rings. The van der Waals surface area contributed by atoms with Crippen molar-refractivity contribution in [2.24, 2.45) is 0 Å². The molecule has 0 saturated carbocycles. The van der Waals surface area contributed by atoms with Crippen molar-refractivity contribution in [2.75, 3.05) is 24.9 Å². The third-order valence-electron chi connectivity index (χ3n) is 4.33. The Bertz CT molecular complexity index is 982. The van der Waals surface area contributed by atoms with Crippen LogP contribution in [0, 0.1) is 0 Å². The molecule has 0 radical (unpaired) electrons. The first-order valence-electron chi connectivity index (χ1n) is 8.90. The number of carboxylic acids is 2. The molecule has 154 valence electrons. The molecule has 0 fully saturated rings. The molecular weight excluding hydrogens is 388 g/mol. The van der Waals surface area contributed by atoms with Gasteiger partial charge in [0.25, 0.3) is 0 Å². The van der Waals surface area contributed by atoms with E-state index in [9.17, 15) is 19.8 Å². The topological polar surface area (TPSA) is 117 Å². The molecule has 0 saturated heterocycles. The van der Waals surface area contributed by atoms with Crippen LogP contribution in [0.25, 0.3) is 0 Å². The van der Waals surface area contributed by atoms with Crippen LogP contribution in [-0.4, -0.2) is 36.4 Å². The molecule has 30 heavy (non-hydrogen) atoms. The Hall–Kier alpha value is -4.20. The zero-order valence-electron chi connectivity index (χ0n) is 16.3. The van der Waals surface area contributed by atoms with Gasteiger partial charge < -0.3 is 30.3 Å². The van der Waals surface area contributed by atoms with E-state index in [4.69, 9.17) is 9.47 Å². The summed E-state index contributed by atoms with van der Waals surface area (Å²) in [6.07, 6.45) is 0. The highest BCUT2D eigenvalue weighted by molar-refractivity contribution is 6.11. The van der Waals surface area contributed by atoms with Gasteiger partial charge in [-0.05, 0) is 24.3 Å². The SMILES string of the molecule is COc1c(OC)c(C(=O)O)c(Nc2ccccc2)c(Nc2ccccc2)c1C(=O)O. The minimum absolute atomic E-state index is 0.0348. The van der Waals surface area contributed by atoms with Gasteiger partial charge in [-0.3, -0.25) is 0 Å². The number of carbonyl (C=O) groups is 2. The lowest BCUT2D eigenvalue weighted by Gasteiger charge is -2.23. The summed E-state index contributed by atoms with van der Waals surface area (Å²) in [5.41, 5.74) is 0.683. The average molecular weight is 408 g/mol. The van der Waals surface area contributed by atoms with E-state index in [0.717, 1.165) is 0 Å². The zero-order valence-corrected chi connectivity index (χ0v) is 16.3. The number of benzene rings is 3. The van der Waals surface area contributed by atoms with Crippen LogP contribution in [0.2, 0.25) is 0 Å². The van der Waals surface area contributed by atoms with E-state index >= 15 is 0 Å². The standard InChI is InChI=1S/C22H20N2O6/c1-29-19-15(21(25)26)17(23-13-9-5-3-6-10-13)18(16(22(27)28)20(19)30-2)24-14-11-7-4-8-12-14/h3-12,23-24H,1-2H3,(H,25,26)(H,27,28). The minimum Gasteiger partial charge on any atom is -0.492 e. The van der Waals surface area contributed by atoms with E-state index < -0.39 is 11.9 Å². The highest BCUT2D eigenvalue weighted by Crippen LogP contribution is 2.47. The van der Waals surface area contributed by atoms with E-state index in [1.165, 1.54) is 14.2 Å². The fourth-order valence-corrected chi connectivity index (χ4v) is 3.08. The van der Waals surface area contributed by atoms with Crippen molar-refractivity contribution in [3.8, 4) is 11.5 Å². The summed E-state index contributed by atoms with van der Waals surface area (Å²) in [5, 5.41) is 25.9. The molecule has 3 aromatic rings. The molecule has 0 bridgehead atoms. The van der Waals surface area contributed by atoms with Crippen molar-refractivity contribution in [3.63, 3.8) is 0 Å². The molecule has 0 aliphatic heterocycles. The highest BCUT2D eigenvalue weighted by atomic mass is 16.5. The monoisotopic (exact) mass is 408 g/mol. The number of hydrogen-bond acceptors (Lipinski definition) is 6. The van der Waals surface area contributed by atoms with Gasteiger partial charge in [-0.15, -0.1) is 0 Å². The van der Waals surface area contributed by atoms with Gasteiger partial charge in [0.05, 0.1) is 25.6 Å². The first-order valence-corrected chi connectivity index (χ1v) is 8.90. The molecule has 4 N–H and O–H groups in total. The number of para-hydroxylation sites is 2. The van der Waals surface area contributed by atoms with Crippen LogP contribution in [0.15, 0.2) is 60.7 Å². The molecule has 0 aliphatic carbocycles.